The molecule has 0 aliphatic carbocycles. The van der Waals surface area contributed by atoms with Crippen LogP contribution in [0.3, 0.4) is 0 Å². The lowest BCUT2D eigenvalue weighted by Crippen LogP contribution is -2.29. The number of carbonyl (C=O) groups excluding carboxylic acids is 1. The number of allylic oxidation sites excluding steroid dienone is 1. The molecule has 0 amide bonds. The number of rotatable bonds is 7. The number of hydrogen-bond acceptors (Lipinski definition) is 5. The average molecular weight is 451 g/mol. The minimum atomic E-state index is -0.591. The van der Waals surface area contributed by atoms with Crippen LogP contribution >= 0.6 is 11.6 Å². The van der Waals surface area contributed by atoms with Crippen LogP contribution in [0.5, 0.6) is 0 Å². The Morgan fingerprint density at radius 3 is 2.78 bits per heavy atom. The Bertz CT molecular complexity index is 1140. The average Bonchev–Trinajstić information content (AvgIpc) is 2.82. The van der Waals surface area contributed by atoms with E-state index >= 15 is 0 Å². The molecular formula is C25H24ClFN4O. The minimum Gasteiger partial charge on any atom is -0.371 e. The standard InChI is InChI=1S/C25H24ClFN4O/c1-2-20(32)13-17-9-10-22(26)21(14-17)24-23(27)16-28-25(30-24)29-18-7-6-8-19(15-18)31-11-4-3-5-12-31/h2,6-10,14-16H,1,3-5,11-13H2,(H,28,29,30). The van der Waals surface area contributed by atoms with Crippen molar-refractivity contribution in [3.63, 3.8) is 0 Å². The van der Waals surface area contributed by atoms with Gasteiger partial charge >= 0.3 is 0 Å². The second-order valence-electron chi connectivity index (χ2n) is 7.77. The summed E-state index contributed by atoms with van der Waals surface area (Å²) in [7, 11) is 0. The second-order valence-corrected chi connectivity index (χ2v) is 8.18. The van der Waals surface area contributed by atoms with E-state index in [1.165, 1.54) is 25.3 Å². The highest BCUT2D eigenvalue weighted by molar-refractivity contribution is 6.33. The van der Waals surface area contributed by atoms with E-state index in [1.807, 2.05) is 18.2 Å². The van der Waals surface area contributed by atoms with E-state index in [4.69, 9.17) is 11.6 Å². The highest BCUT2D eigenvalue weighted by Crippen LogP contribution is 2.31. The normalized spacial score (nSPS) is 13.6. The zero-order valence-electron chi connectivity index (χ0n) is 17.7. The molecule has 1 fully saturated rings. The highest BCUT2D eigenvalue weighted by Gasteiger charge is 2.15. The molecule has 0 spiro atoms. The molecule has 164 valence electrons. The van der Waals surface area contributed by atoms with Gasteiger partial charge in [0.1, 0.15) is 5.69 Å². The molecule has 2 heterocycles. The van der Waals surface area contributed by atoms with Crippen LogP contribution in [0.1, 0.15) is 24.8 Å². The number of halogens is 2. The fourth-order valence-corrected chi connectivity index (χ4v) is 4.02. The molecule has 0 atom stereocenters. The molecule has 2 aromatic carbocycles. The number of aromatic nitrogens is 2. The molecule has 1 aliphatic rings. The van der Waals surface area contributed by atoms with Crippen LogP contribution in [0, 0.1) is 5.82 Å². The summed E-state index contributed by atoms with van der Waals surface area (Å²) in [5.41, 5.74) is 3.15. The van der Waals surface area contributed by atoms with Gasteiger partial charge in [-0.25, -0.2) is 14.4 Å². The van der Waals surface area contributed by atoms with Gasteiger partial charge in [-0.05, 0) is 61.2 Å². The van der Waals surface area contributed by atoms with Crippen molar-refractivity contribution in [3.8, 4) is 11.3 Å². The van der Waals surface area contributed by atoms with Crippen LogP contribution in [0.25, 0.3) is 11.3 Å². The summed E-state index contributed by atoms with van der Waals surface area (Å²) < 4.78 is 14.6. The number of anilines is 3. The van der Waals surface area contributed by atoms with Gasteiger partial charge in [0.15, 0.2) is 11.6 Å². The Labute approximate surface area is 192 Å². The van der Waals surface area contributed by atoms with Crippen molar-refractivity contribution in [2.45, 2.75) is 25.7 Å². The molecule has 3 aromatic rings. The van der Waals surface area contributed by atoms with Crippen molar-refractivity contribution in [3.05, 3.63) is 77.7 Å². The molecular weight excluding hydrogens is 427 g/mol. The van der Waals surface area contributed by atoms with Crippen LogP contribution in [-0.4, -0.2) is 28.8 Å². The molecule has 1 aromatic heterocycles. The van der Waals surface area contributed by atoms with Crippen LogP contribution in [0.15, 0.2) is 61.3 Å². The molecule has 0 radical (unpaired) electrons. The van der Waals surface area contributed by atoms with Gasteiger partial charge in [0.25, 0.3) is 0 Å². The highest BCUT2D eigenvalue weighted by atomic mass is 35.5. The quantitative estimate of drug-likeness (QED) is 0.449. The Hall–Kier alpha value is -3.25. The van der Waals surface area contributed by atoms with Gasteiger partial charge in [-0.2, -0.15) is 0 Å². The molecule has 1 N–H and O–H groups in total. The molecule has 0 saturated carbocycles. The topological polar surface area (TPSA) is 58.1 Å². The first-order valence-electron chi connectivity index (χ1n) is 10.6. The zero-order valence-corrected chi connectivity index (χ0v) is 18.4. The Balaban J connectivity index is 1.61. The largest absolute Gasteiger partial charge is 0.371 e. The van der Waals surface area contributed by atoms with Gasteiger partial charge in [-0.1, -0.05) is 30.3 Å². The molecule has 0 unspecified atom stereocenters. The van der Waals surface area contributed by atoms with Crippen molar-refractivity contribution in [2.75, 3.05) is 23.3 Å². The fourth-order valence-electron chi connectivity index (χ4n) is 3.82. The van der Waals surface area contributed by atoms with Gasteiger partial charge in [-0.3, -0.25) is 4.79 Å². The van der Waals surface area contributed by atoms with Gasteiger partial charge < -0.3 is 10.2 Å². The van der Waals surface area contributed by atoms with Gasteiger partial charge in [-0.15, -0.1) is 0 Å². The number of nitrogens with zero attached hydrogens (tertiary/aromatic N) is 3. The van der Waals surface area contributed by atoms with Crippen molar-refractivity contribution < 1.29 is 9.18 Å². The molecule has 1 aliphatic heterocycles. The van der Waals surface area contributed by atoms with E-state index in [1.54, 1.807) is 18.2 Å². The van der Waals surface area contributed by atoms with E-state index in [9.17, 15) is 9.18 Å². The molecule has 7 heteroatoms. The van der Waals surface area contributed by atoms with Crippen LogP contribution in [0.4, 0.5) is 21.7 Å². The third-order valence-electron chi connectivity index (χ3n) is 5.46. The van der Waals surface area contributed by atoms with Crippen LogP contribution < -0.4 is 10.2 Å². The first kappa shape index (κ1) is 22.0. The molecule has 0 bridgehead atoms. The summed E-state index contributed by atoms with van der Waals surface area (Å²) in [5.74, 6) is -0.454. The van der Waals surface area contributed by atoms with Gasteiger partial charge in [0.05, 0.1) is 11.2 Å². The second kappa shape index (κ2) is 9.92. The first-order chi connectivity index (χ1) is 15.5. The summed E-state index contributed by atoms with van der Waals surface area (Å²) in [4.78, 5) is 22.6. The Kier molecular flexibility index (Phi) is 6.81. The summed E-state index contributed by atoms with van der Waals surface area (Å²) in [6, 6.07) is 13.1. The Morgan fingerprint density at radius 1 is 1.19 bits per heavy atom. The number of nitrogens with one attached hydrogen (secondary N) is 1. The van der Waals surface area contributed by atoms with Gasteiger partial charge in [0.2, 0.25) is 5.95 Å². The summed E-state index contributed by atoms with van der Waals surface area (Å²) in [6.07, 6.45) is 6.21. The smallest absolute Gasteiger partial charge is 0.227 e. The lowest BCUT2D eigenvalue weighted by molar-refractivity contribution is -0.114. The van der Waals surface area contributed by atoms with Crippen LogP contribution in [-0.2, 0) is 11.2 Å². The summed E-state index contributed by atoms with van der Waals surface area (Å²) in [5, 5.41) is 3.51. The zero-order chi connectivity index (χ0) is 22.5. The maximum Gasteiger partial charge on any atom is 0.227 e. The van der Waals surface area contributed by atoms with Crippen molar-refractivity contribution in [1.29, 1.82) is 0 Å². The summed E-state index contributed by atoms with van der Waals surface area (Å²) in [6.45, 7) is 5.58. The van der Waals surface area contributed by atoms with E-state index in [0.717, 1.165) is 30.7 Å². The van der Waals surface area contributed by atoms with Crippen molar-refractivity contribution in [2.24, 2.45) is 0 Å². The van der Waals surface area contributed by atoms with Crippen molar-refractivity contribution >= 4 is 34.7 Å². The Morgan fingerprint density at radius 2 is 2.00 bits per heavy atom. The number of benzene rings is 2. The fraction of sp³-hybridized carbons (Fsp3) is 0.240. The number of ketones is 1. The summed E-state index contributed by atoms with van der Waals surface area (Å²) >= 11 is 6.33. The van der Waals surface area contributed by atoms with Crippen molar-refractivity contribution in [1.82, 2.24) is 9.97 Å². The number of carbonyl (C=O) groups is 1. The lowest BCUT2D eigenvalue weighted by Gasteiger charge is -2.29. The van der Waals surface area contributed by atoms with Gasteiger partial charge in [0, 0.05) is 36.4 Å². The molecule has 5 nitrogen and oxygen atoms in total. The molecule has 4 rings (SSSR count). The predicted octanol–water partition coefficient (Wildman–Crippen LogP) is 5.97. The molecule has 32 heavy (non-hydrogen) atoms. The van der Waals surface area contributed by atoms with E-state index < -0.39 is 5.82 Å². The monoisotopic (exact) mass is 450 g/mol. The lowest BCUT2D eigenvalue weighted by atomic mass is 10.0. The number of piperidine rings is 1. The maximum absolute atomic E-state index is 14.6. The third-order valence-corrected chi connectivity index (χ3v) is 5.79. The van der Waals surface area contributed by atoms with E-state index in [2.05, 4.69) is 32.8 Å². The van der Waals surface area contributed by atoms with Crippen LogP contribution in [0.2, 0.25) is 5.02 Å². The minimum absolute atomic E-state index is 0.0765. The van der Waals surface area contributed by atoms with E-state index in [0.29, 0.717) is 16.1 Å². The first-order valence-corrected chi connectivity index (χ1v) is 11.0. The maximum atomic E-state index is 14.6. The predicted molar refractivity (Wildman–Crippen MR) is 127 cm³/mol. The van der Waals surface area contributed by atoms with E-state index in [-0.39, 0.29) is 23.8 Å². The molecule has 1 saturated heterocycles. The third kappa shape index (κ3) is 5.14. The SMILES string of the molecule is C=CC(=O)Cc1ccc(Cl)c(-c2nc(Nc3cccc(N4CCCCC4)c3)ncc2F)c1. The number of hydrogen-bond donors (Lipinski definition) is 1.